The molecule has 0 aliphatic rings. The summed E-state index contributed by atoms with van der Waals surface area (Å²) in [5.74, 6) is 0.780. The fourth-order valence-electron chi connectivity index (χ4n) is 2.33. The van der Waals surface area contributed by atoms with Crippen molar-refractivity contribution in [2.45, 2.75) is 19.9 Å². The Morgan fingerprint density at radius 3 is 2.45 bits per heavy atom. The van der Waals surface area contributed by atoms with Gasteiger partial charge in [-0.05, 0) is 31.5 Å². The standard InChI is InChI=1S/C16H21ClN4O/c1-4-21(5-2)16(22)19-14(15-18-10-11-20(15)3)12-6-8-13(17)9-7-12/h6-11,14H,4-5H2,1-3H3,(H,19,22). The molecule has 0 saturated carbocycles. The summed E-state index contributed by atoms with van der Waals surface area (Å²) in [4.78, 5) is 18.5. The molecule has 1 N–H and O–H groups in total. The van der Waals surface area contributed by atoms with Crippen LogP contribution in [0.4, 0.5) is 4.79 Å². The third-order valence-corrected chi connectivity index (χ3v) is 3.89. The summed E-state index contributed by atoms with van der Waals surface area (Å²) in [7, 11) is 1.91. The third-order valence-electron chi connectivity index (χ3n) is 3.64. The minimum absolute atomic E-state index is 0.104. The van der Waals surface area contributed by atoms with Crippen LogP contribution < -0.4 is 5.32 Å². The first-order chi connectivity index (χ1) is 10.6. The Morgan fingerprint density at radius 1 is 1.32 bits per heavy atom. The van der Waals surface area contributed by atoms with Crippen LogP contribution in [0.2, 0.25) is 5.02 Å². The number of urea groups is 1. The fourth-order valence-corrected chi connectivity index (χ4v) is 2.46. The Labute approximate surface area is 135 Å². The van der Waals surface area contributed by atoms with Gasteiger partial charge in [0.1, 0.15) is 11.9 Å². The van der Waals surface area contributed by atoms with Crippen LogP contribution in [-0.2, 0) is 7.05 Å². The molecule has 2 aromatic rings. The summed E-state index contributed by atoms with van der Waals surface area (Å²) in [5, 5.41) is 3.72. The number of aryl methyl sites for hydroxylation is 1. The van der Waals surface area contributed by atoms with E-state index in [9.17, 15) is 4.79 Å². The van der Waals surface area contributed by atoms with E-state index in [-0.39, 0.29) is 12.1 Å². The lowest BCUT2D eigenvalue weighted by molar-refractivity contribution is 0.200. The molecular weight excluding hydrogens is 300 g/mol. The first-order valence-electron chi connectivity index (χ1n) is 7.34. The summed E-state index contributed by atoms with van der Waals surface area (Å²) >= 11 is 5.96. The lowest BCUT2D eigenvalue weighted by atomic mass is 10.1. The first-order valence-corrected chi connectivity index (χ1v) is 7.72. The minimum Gasteiger partial charge on any atom is -0.336 e. The molecular formula is C16H21ClN4O. The molecule has 1 heterocycles. The van der Waals surface area contributed by atoms with Crippen molar-refractivity contribution >= 4 is 17.6 Å². The van der Waals surface area contributed by atoms with E-state index >= 15 is 0 Å². The van der Waals surface area contributed by atoms with E-state index in [2.05, 4.69) is 10.3 Å². The number of rotatable bonds is 5. The number of carbonyl (C=O) groups is 1. The number of carbonyl (C=O) groups excluding carboxylic acids is 1. The molecule has 2 amide bonds. The highest BCUT2D eigenvalue weighted by Gasteiger charge is 2.22. The molecule has 0 radical (unpaired) electrons. The molecule has 118 valence electrons. The molecule has 6 heteroatoms. The zero-order valence-corrected chi connectivity index (χ0v) is 13.8. The number of benzene rings is 1. The summed E-state index contributed by atoms with van der Waals surface area (Å²) < 4.78 is 1.90. The molecule has 0 spiro atoms. The van der Waals surface area contributed by atoms with Gasteiger partial charge in [-0.3, -0.25) is 0 Å². The average Bonchev–Trinajstić information content (AvgIpc) is 2.93. The molecule has 0 aliphatic heterocycles. The van der Waals surface area contributed by atoms with Crippen molar-refractivity contribution in [3.8, 4) is 0 Å². The number of hydrogen-bond donors (Lipinski definition) is 1. The van der Waals surface area contributed by atoms with Crippen molar-refractivity contribution in [1.82, 2.24) is 19.8 Å². The van der Waals surface area contributed by atoms with E-state index in [1.54, 1.807) is 11.1 Å². The topological polar surface area (TPSA) is 50.2 Å². The molecule has 1 unspecified atom stereocenters. The Bertz CT molecular complexity index is 619. The largest absolute Gasteiger partial charge is 0.336 e. The van der Waals surface area contributed by atoms with Gasteiger partial charge in [0.15, 0.2) is 0 Å². The monoisotopic (exact) mass is 320 g/mol. The van der Waals surface area contributed by atoms with E-state index in [4.69, 9.17) is 11.6 Å². The zero-order chi connectivity index (χ0) is 16.1. The maximum absolute atomic E-state index is 12.4. The molecule has 1 aromatic heterocycles. The fraction of sp³-hybridized carbons (Fsp3) is 0.375. The van der Waals surface area contributed by atoms with E-state index < -0.39 is 0 Å². The number of aromatic nitrogens is 2. The van der Waals surface area contributed by atoms with Gasteiger partial charge in [0.25, 0.3) is 0 Å². The van der Waals surface area contributed by atoms with Crippen molar-refractivity contribution < 1.29 is 4.79 Å². The maximum atomic E-state index is 12.4. The van der Waals surface area contributed by atoms with Gasteiger partial charge in [0.05, 0.1) is 0 Å². The zero-order valence-electron chi connectivity index (χ0n) is 13.1. The Kier molecular flexibility index (Phi) is 5.44. The van der Waals surface area contributed by atoms with Crippen molar-refractivity contribution in [2.24, 2.45) is 7.05 Å². The second-order valence-corrected chi connectivity index (χ2v) is 5.44. The summed E-state index contributed by atoms with van der Waals surface area (Å²) in [6, 6.07) is 7.03. The first kappa shape index (κ1) is 16.4. The molecule has 0 saturated heterocycles. The number of hydrogen-bond acceptors (Lipinski definition) is 2. The van der Waals surface area contributed by atoms with Gasteiger partial charge in [0.2, 0.25) is 0 Å². The van der Waals surface area contributed by atoms with Gasteiger partial charge in [0, 0.05) is 37.6 Å². The Hall–Kier alpha value is -2.01. The van der Waals surface area contributed by atoms with E-state index in [1.807, 2.05) is 55.9 Å². The van der Waals surface area contributed by atoms with Crippen LogP contribution in [0, 0.1) is 0 Å². The Morgan fingerprint density at radius 2 is 1.95 bits per heavy atom. The van der Waals surface area contributed by atoms with Gasteiger partial charge in [-0.15, -0.1) is 0 Å². The van der Waals surface area contributed by atoms with Crippen LogP contribution in [-0.4, -0.2) is 33.6 Å². The van der Waals surface area contributed by atoms with Gasteiger partial charge in [-0.1, -0.05) is 23.7 Å². The van der Waals surface area contributed by atoms with Crippen LogP contribution in [0.25, 0.3) is 0 Å². The lowest BCUT2D eigenvalue weighted by Gasteiger charge is -2.24. The van der Waals surface area contributed by atoms with Gasteiger partial charge in [-0.2, -0.15) is 0 Å². The summed E-state index contributed by atoms with van der Waals surface area (Å²) in [6.07, 6.45) is 3.59. The van der Waals surface area contributed by atoms with Crippen molar-refractivity contribution in [2.75, 3.05) is 13.1 Å². The molecule has 0 bridgehead atoms. The molecule has 2 rings (SSSR count). The van der Waals surface area contributed by atoms with Crippen LogP contribution in [0.15, 0.2) is 36.7 Å². The third kappa shape index (κ3) is 3.60. The van der Waals surface area contributed by atoms with E-state index in [1.165, 1.54) is 0 Å². The molecule has 1 aromatic carbocycles. The molecule has 0 fully saturated rings. The van der Waals surface area contributed by atoms with Crippen LogP contribution >= 0.6 is 11.6 Å². The summed E-state index contributed by atoms with van der Waals surface area (Å²) in [5.41, 5.74) is 0.944. The normalized spacial score (nSPS) is 12.0. The molecule has 22 heavy (non-hydrogen) atoms. The Balaban J connectivity index is 2.32. The molecule has 1 atom stereocenters. The average molecular weight is 321 g/mol. The highest BCUT2D eigenvalue weighted by Crippen LogP contribution is 2.22. The number of halogens is 1. The lowest BCUT2D eigenvalue weighted by Crippen LogP contribution is -2.42. The minimum atomic E-state index is -0.314. The predicted octanol–water partition coefficient (Wildman–Crippen LogP) is 3.21. The van der Waals surface area contributed by atoms with E-state index in [0.717, 1.165) is 11.4 Å². The van der Waals surface area contributed by atoms with Crippen LogP contribution in [0.5, 0.6) is 0 Å². The number of nitrogens with zero attached hydrogens (tertiary/aromatic N) is 3. The highest BCUT2D eigenvalue weighted by molar-refractivity contribution is 6.30. The maximum Gasteiger partial charge on any atom is 0.318 e. The number of imidazole rings is 1. The number of amides is 2. The molecule has 0 aliphatic carbocycles. The highest BCUT2D eigenvalue weighted by atomic mass is 35.5. The predicted molar refractivity (Wildman–Crippen MR) is 88.0 cm³/mol. The number of nitrogens with one attached hydrogen (secondary N) is 1. The van der Waals surface area contributed by atoms with Gasteiger partial charge in [-0.25, -0.2) is 9.78 Å². The van der Waals surface area contributed by atoms with Crippen molar-refractivity contribution in [3.05, 3.63) is 53.1 Å². The quantitative estimate of drug-likeness (QED) is 0.919. The second-order valence-electron chi connectivity index (χ2n) is 5.00. The van der Waals surface area contributed by atoms with Gasteiger partial charge >= 0.3 is 6.03 Å². The molecule has 5 nitrogen and oxygen atoms in total. The smallest absolute Gasteiger partial charge is 0.318 e. The van der Waals surface area contributed by atoms with Crippen LogP contribution in [0.3, 0.4) is 0 Å². The van der Waals surface area contributed by atoms with E-state index in [0.29, 0.717) is 18.1 Å². The van der Waals surface area contributed by atoms with Crippen LogP contribution in [0.1, 0.15) is 31.3 Å². The van der Waals surface area contributed by atoms with Crippen molar-refractivity contribution in [1.29, 1.82) is 0 Å². The second kappa shape index (κ2) is 7.31. The van der Waals surface area contributed by atoms with Gasteiger partial charge < -0.3 is 14.8 Å². The van der Waals surface area contributed by atoms with Crippen molar-refractivity contribution in [3.63, 3.8) is 0 Å². The summed E-state index contributed by atoms with van der Waals surface area (Å²) in [6.45, 7) is 5.24. The SMILES string of the molecule is CCN(CC)C(=O)NC(c1ccc(Cl)cc1)c1nccn1C.